The fourth-order valence-corrected chi connectivity index (χ4v) is 4.17. The number of carbonyl (C=O) groups is 1. The van der Waals surface area contributed by atoms with E-state index >= 15 is 0 Å². The minimum Gasteiger partial charge on any atom is -0.456 e. The fraction of sp³-hybridized carbons (Fsp3) is 0.750. The number of ether oxygens (including phenoxy) is 1. The van der Waals surface area contributed by atoms with Crippen molar-refractivity contribution in [2.75, 3.05) is 0 Å². The van der Waals surface area contributed by atoms with E-state index in [1.807, 2.05) is 0 Å². The van der Waals surface area contributed by atoms with Crippen LogP contribution in [0.15, 0.2) is 12.7 Å². The number of aliphatic hydroxyl groups is 1. The second-order valence-corrected chi connectivity index (χ2v) is 5.55. The number of hydrogen-bond donors (Lipinski definition) is 1. The van der Waals surface area contributed by atoms with E-state index in [1.165, 1.54) is 6.08 Å². The first kappa shape index (κ1) is 9.40. The molecule has 3 nitrogen and oxygen atoms in total. The SMILES string of the molecule is C=CC(=O)OC12CC3CC(O)(CC3C1)C2. The van der Waals surface area contributed by atoms with Crippen LogP contribution in [-0.2, 0) is 9.53 Å². The van der Waals surface area contributed by atoms with Crippen LogP contribution in [0.1, 0.15) is 32.1 Å². The van der Waals surface area contributed by atoms with Crippen LogP contribution in [0.25, 0.3) is 0 Å². The van der Waals surface area contributed by atoms with Crippen molar-refractivity contribution in [1.29, 1.82) is 0 Å². The van der Waals surface area contributed by atoms with Gasteiger partial charge in [-0.15, -0.1) is 0 Å². The van der Waals surface area contributed by atoms with Crippen molar-refractivity contribution >= 4 is 5.97 Å². The van der Waals surface area contributed by atoms with Gasteiger partial charge in [-0.1, -0.05) is 6.58 Å². The highest BCUT2D eigenvalue weighted by Crippen LogP contribution is 2.62. The topological polar surface area (TPSA) is 46.5 Å². The van der Waals surface area contributed by atoms with Gasteiger partial charge in [0.1, 0.15) is 5.60 Å². The third kappa shape index (κ3) is 1.26. The van der Waals surface area contributed by atoms with Crippen LogP contribution >= 0.6 is 0 Å². The third-order valence-corrected chi connectivity index (χ3v) is 4.35. The monoisotopic (exact) mass is 208 g/mol. The van der Waals surface area contributed by atoms with Crippen LogP contribution in [0.2, 0.25) is 0 Å². The third-order valence-electron chi connectivity index (χ3n) is 4.35. The largest absolute Gasteiger partial charge is 0.456 e. The number of hydrogen-bond acceptors (Lipinski definition) is 3. The van der Waals surface area contributed by atoms with Crippen LogP contribution in [0.5, 0.6) is 0 Å². The van der Waals surface area contributed by atoms with Crippen LogP contribution in [0, 0.1) is 11.8 Å². The summed E-state index contributed by atoms with van der Waals surface area (Å²) in [6, 6.07) is 0. The van der Waals surface area contributed by atoms with Gasteiger partial charge in [-0.05, 0) is 37.5 Å². The van der Waals surface area contributed by atoms with Crippen molar-refractivity contribution in [2.45, 2.75) is 43.3 Å². The summed E-state index contributed by atoms with van der Waals surface area (Å²) in [5.41, 5.74) is -0.918. The van der Waals surface area contributed by atoms with E-state index < -0.39 is 5.60 Å². The molecule has 3 heteroatoms. The maximum Gasteiger partial charge on any atom is 0.330 e. The first-order valence-electron chi connectivity index (χ1n) is 5.62. The van der Waals surface area contributed by atoms with Gasteiger partial charge in [0.15, 0.2) is 0 Å². The van der Waals surface area contributed by atoms with E-state index in [2.05, 4.69) is 6.58 Å². The van der Waals surface area contributed by atoms with Crippen LogP contribution < -0.4 is 0 Å². The average Bonchev–Trinajstić information content (AvgIpc) is 2.49. The summed E-state index contributed by atoms with van der Waals surface area (Å²) in [5.74, 6) is 0.795. The number of esters is 1. The summed E-state index contributed by atoms with van der Waals surface area (Å²) < 4.78 is 5.47. The Morgan fingerprint density at radius 3 is 2.40 bits per heavy atom. The summed E-state index contributed by atoms with van der Waals surface area (Å²) >= 11 is 0. The van der Waals surface area contributed by atoms with Gasteiger partial charge in [0.2, 0.25) is 0 Å². The Morgan fingerprint density at radius 1 is 1.33 bits per heavy atom. The molecular formula is C12H16O3. The van der Waals surface area contributed by atoms with E-state index in [4.69, 9.17) is 4.74 Å². The Morgan fingerprint density at radius 2 is 1.93 bits per heavy atom. The molecule has 4 aliphatic rings. The zero-order chi connectivity index (χ0) is 10.7. The van der Waals surface area contributed by atoms with Crippen molar-refractivity contribution in [3.05, 3.63) is 12.7 Å². The normalized spacial score (nSPS) is 50.7. The molecule has 0 heterocycles. The lowest BCUT2D eigenvalue weighted by Crippen LogP contribution is -2.47. The van der Waals surface area contributed by atoms with Crippen LogP contribution in [0.3, 0.4) is 0 Å². The van der Waals surface area contributed by atoms with Crippen molar-refractivity contribution in [3.8, 4) is 0 Å². The number of rotatable bonds is 2. The zero-order valence-corrected chi connectivity index (χ0v) is 8.74. The molecule has 2 unspecified atom stereocenters. The molecule has 4 rings (SSSR count). The molecular weight excluding hydrogens is 192 g/mol. The van der Waals surface area contributed by atoms with Gasteiger partial charge >= 0.3 is 5.97 Å². The maximum atomic E-state index is 11.3. The molecule has 4 saturated carbocycles. The smallest absolute Gasteiger partial charge is 0.330 e. The summed E-state index contributed by atoms with van der Waals surface area (Å²) in [6.07, 6.45) is 5.55. The quantitative estimate of drug-likeness (QED) is 0.551. The summed E-state index contributed by atoms with van der Waals surface area (Å²) in [6.45, 7) is 3.42. The molecule has 0 aliphatic heterocycles. The second-order valence-electron chi connectivity index (χ2n) is 5.55. The van der Waals surface area contributed by atoms with Crippen molar-refractivity contribution in [2.24, 2.45) is 11.8 Å². The molecule has 2 atom stereocenters. The average molecular weight is 208 g/mol. The molecule has 0 saturated heterocycles. The molecule has 4 aliphatic carbocycles. The van der Waals surface area contributed by atoms with E-state index in [0.29, 0.717) is 18.3 Å². The molecule has 82 valence electrons. The van der Waals surface area contributed by atoms with Crippen LogP contribution in [0.4, 0.5) is 0 Å². The Bertz CT molecular complexity index is 320. The highest BCUT2D eigenvalue weighted by Gasteiger charge is 2.63. The van der Waals surface area contributed by atoms with Gasteiger partial charge < -0.3 is 9.84 Å². The second kappa shape index (κ2) is 2.64. The lowest BCUT2D eigenvalue weighted by molar-refractivity contribution is -0.168. The fourth-order valence-electron chi connectivity index (χ4n) is 4.17. The van der Waals surface area contributed by atoms with Crippen molar-refractivity contribution in [3.63, 3.8) is 0 Å². The summed E-state index contributed by atoms with van der Waals surface area (Å²) in [7, 11) is 0. The lowest BCUT2D eigenvalue weighted by atomic mass is 9.75. The van der Waals surface area contributed by atoms with Gasteiger partial charge in [-0.25, -0.2) is 4.79 Å². The zero-order valence-electron chi connectivity index (χ0n) is 8.74. The highest BCUT2D eigenvalue weighted by atomic mass is 16.6. The highest BCUT2D eigenvalue weighted by molar-refractivity contribution is 5.81. The van der Waals surface area contributed by atoms with Crippen molar-refractivity contribution in [1.82, 2.24) is 0 Å². The molecule has 0 aromatic rings. The van der Waals surface area contributed by atoms with Crippen molar-refractivity contribution < 1.29 is 14.6 Å². The van der Waals surface area contributed by atoms with E-state index in [0.717, 1.165) is 25.7 Å². The maximum absolute atomic E-state index is 11.3. The first-order valence-corrected chi connectivity index (χ1v) is 5.62. The first-order chi connectivity index (χ1) is 7.04. The molecule has 4 fully saturated rings. The minimum absolute atomic E-state index is 0.347. The van der Waals surface area contributed by atoms with Gasteiger partial charge in [0.05, 0.1) is 5.60 Å². The van der Waals surface area contributed by atoms with E-state index in [-0.39, 0.29) is 11.6 Å². The lowest BCUT2D eigenvalue weighted by Gasteiger charge is -2.42. The van der Waals surface area contributed by atoms with Gasteiger partial charge in [-0.3, -0.25) is 0 Å². The standard InChI is InChI=1S/C12H16O3/c1-2-10(13)15-12-5-8-3-11(14,7-12)4-9(8)6-12/h2,8-9,14H,1,3-7H2. The predicted molar refractivity (Wildman–Crippen MR) is 54.0 cm³/mol. The Hall–Kier alpha value is -0.830. The molecule has 0 radical (unpaired) electrons. The number of carbonyl (C=O) groups excluding carboxylic acids is 1. The molecule has 1 N–H and O–H groups in total. The van der Waals surface area contributed by atoms with E-state index in [1.54, 1.807) is 0 Å². The van der Waals surface area contributed by atoms with Gasteiger partial charge in [-0.2, -0.15) is 0 Å². The Kier molecular flexibility index (Phi) is 1.66. The van der Waals surface area contributed by atoms with Gasteiger partial charge in [0.25, 0.3) is 0 Å². The Labute approximate surface area is 89.1 Å². The summed E-state index contributed by atoms with van der Waals surface area (Å²) in [5, 5.41) is 10.3. The van der Waals surface area contributed by atoms with Crippen LogP contribution in [-0.4, -0.2) is 22.3 Å². The molecule has 0 aromatic heterocycles. The van der Waals surface area contributed by atoms with Gasteiger partial charge in [0, 0.05) is 12.5 Å². The summed E-state index contributed by atoms with van der Waals surface area (Å²) in [4.78, 5) is 11.3. The molecule has 4 bridgehead atoms. The Balaban J connectivity index is 1.84. The molecule has 0 amide bonds. The molecule has 0 aromatic carbocycles. The molecule has 15 heavy (non-hydrogen) atoms. The predicted octanol–water partition coefficient (Wildman–Crippen LogP) is 1.41. The minimum atomic E-state index is -0.548. The molecule has 0 spiro atoms. The van der Waals surface area contributed by atoms with E-state index in [9.17, 15) is 9.90 Å².